The summed E-state index contributed by atoms with van der Waals surface area (Å²) >= 11 is 3.19. The number of imidazole rings is 1. The van der Waals surface area contributed by atoms with E-state index >= 15 is 0 Å². The largest absolute Gasteiger partial charge is 0.434 e. The standard InChI is InChI=1S/C15H12BrF4N3O2/c16-10-2-3-11(25-15(19)20)9(7-10)1-4-13(24)22-8-12-21-5-6-23(12)14(17)18/h1-7,14-15H,8H2,(H,22,24)/b4-1+. The number of ether oxygens (including phenoxy) is 1. The molecule has 0 saturated heterocycles. The first-order chi connectivity index (χ1) is 11.9. The van der Waals surface area contributed by atoms with Crippen molar-refractivity contribution in [1.29, 1.82) is 0 Å². The number of halogens is 5. The van der Waals surface area contributed by atoms with Crippen molar-refractivity contribution < 1.29 is 27.1 Å². The number of hydrogen-bond donors (Lipinski definition) is 1. The molecule has 0 bridgehead atoms. The second kappa shape index (κ2) is 8.65. The quantitative estimate of drug-likeness (QED) is 0.543. The minimum absolute atomic E-state index is 0.0130. The van der Waals surface area contributed by atoms with Gasteiger partial charge in [0.15, 0.2) is 0 Å². The number of aromatic nitrogens is 2. The Morgan fingerprint density at radius 1 is 1.36 bits per heavy atom. The molecule has 0 atom stereocenters. The zero-order chi connectivity index (χ0) is 18.4. The van der Waals surface area contributed by atoms with Gasteiger partial charge >= 0.3 is 13.2 Å². The van der Waals surface area contributed by atoms with Crippen LogP contribution in [0.15, 0.2) is 41.1 Å². The van der Waals surface area contributed by atoms with Gasteiger partial charge in [0.25, 0.3) is 0 Å². The van der Waals surface area contributed by atoms with Crippen molar-refractivity contribution in [3.8, 4) is 5.75 Å². The van der Waals surface area contributed by atoms with Gasteiger partial charge in [-0.2, -0.15) is 17.6 Å². The van der Waals surface area contributed by atoms with Crippen LogP contribution in [0.5, 0.6) is 5.75 Å². The van der Waals surface area contributed by atoms with E-state index in [1.165, 1.54) is 30.5 Å². The van der Waals surface area contributed by atoms with Crippen LogP contribution in [0.1, 0.15) is 17.9 Å². The molecule has 0 aliphatic carbocycles. The molecule has 0 radical (unpaired) electrons. The highest BCUT2D eigenvalue weighted by atomic mass is 79.9. The number of carbonyl (C=O) groups excluding carboxylic acids is 1. The Labute approximate surface area is 148 Å². The third-order valence-electron chi connectivity index (χ3n) is 2.98. The van der Waals surface area contributed by atoms with Crippen LogP contribution < -0.4 is 10.1 Å². The summed E-state index contributed by atoms with van der Waals surface area (Å²) < 4.78 is 55.6. The first-order valence-corrected chi connectivity index (χ1v) is 7.66. The van der Waals surface area contributed by atoms with Gasteiger partial charge in [0.2, 0.25) is 5.91 Å². The molecule has 10 heteroatoms. The summed E-state index contributed by atoms with van der Waals surface area (Å²) in [6, 6.07) is 4.33. The molecule has 25 heavy (non-hydrogen) atoms. The second-order valence-corrected chi connectivity index (χ2v) is 5.56. The lowest BCUT2D eigenvalue weighted by molar-refractivity contribution is -0.116. The van der Waals surface area contributed by atoms with Crippen LogP contribution in [0.3, 0.4) is 0 Å². The third-order valence-corrected chi connectivity index (χ3v) is 3.48. The maximum atomic E-state index is 12.7. The smallest absolute Gasteiger partial charge is 0.387 e. The topological polar surface area (TPSA) is 56.1 Å². The maximum absolute atomic E-state index is 12.7. The van der Waals surface area contributed by atoms with Crippen molar-refractivity contribution in [2.45, 2.75) is 19.7 Å². The predicted octanol–water partition coefficient (Wildman–Crippen LogP) is 3.97. The van der Waals surface area contributed by atoms with Crippen molar-refractivity contribution in [2.24, 2.45) is 0 Å². The number of hydrogen-bond acceptors (Lipinski definition) is 3. The van der Waals surface area contributed by atoms with Crippen molar-refractivity contribution in [1.82, 2.24) is 14.9 Å². The summed E-state index contributed by atoms with van der Waals surface area (Å²) in [4.78, 5) is 15.5. The van der Waals surface area contributed by atoms with Crippen LogP contribution in [0, 0.1) is 0 Å². The Morgan fingerprint density at radius 2 is 2.12 bits per heavy atom. The van der Waals surface area contributed by atoms with E-state index in [0.717, 1.165) is 12.3 Å². The third kappa shape index (κ3) is 5.59. The number of alkyl halides is 4. The number of carbonyl (C=O) groups is 1. The fraction of sp³-hybridized carbons (Fsp3) is 0.200. The van der Waals surface area contributed by atoms with Gasteiger partial charge in [0, 0.05) is 28.5 Å². The molecular weight excluding hydrogens is 410 g/mol. The predicted molar refractivity (Wildman–Crippen MR) is 85.1 cm³/mol. The molecule has 2 aromatic rings. The zero-order valence-corrected chi connectivity index (χ0v) is 14.1. The Kier molecular flexibility index (Phi) is 6.57. The van der Waals surface area contributed by atoms with Crippen molar-refractivity contribution in [3.05, 3.63) is 52.5 Å². The number of nitrogens with one attached hydrogen (secondary N) is 1. The molecule has 0 spiro atoms. The monoisotopic (exact) mass is 421 g/mol. The molecule has 0 aliphatic heterocycles. The van der Waals surface area contributed by atoms with E-state index in [0.29, 0.717) is 9.04 Å². The second-order valence-electron chi connectivity index (χ2n) is 4.64. The molecule has 0 aliphatic rings. The first-order valence-electron chi connectivity index (χ1n) is 6.87. The summed E-state index contributed by atoms with van der Waals surface area (Å²) in [6.07, 6.45) is 4.64. The maximum Gasteiger partial charge on any atom is 0.387 e. The Bertz CT molecular complexity index is 765. The van der Waals surface area contributed by atoms with Crippen LogP contribution in [0.25, 0.3) is 6.08 Å². The van der Waals surface area contributed by atoms with E-state index in [9.17, 15) is 22.4 Å². The van der Waals surface area contributed by atoms with E-state index in [2.05, 4.69) is 31.0 Å². The average Bonchev–Trinajstić information content (AvgIpc) is 3.01. The molecule has 2 rings (SSSR count). The van der Waals surface area contributed by atoms with Crippen molar-refractivity contribution >= 4 is 27.9 Å². The summed E-state index contributed by atoms with van der Waals surface area (Å²) in [5.74, 6) is -0.719. The number of benzene rings is 1. The van der Waals surface area contributed by atoms with Crippen LogP contribution in [0.4, 0.5) is 17.6 Å². The van der Waals surface area contributed by atoms with Gasteiger partial charge in [-0.15, -0.1) is 0 Å². The van der Waals surface area contributed by atoms with Gasteiger partial charge in [-0.25, -0.2) is 4.98 Å². The minimum Gasteiger partial charge on any atom is -0.434 e. The molecule has 0 saturated carbocycles. The van der Waals surface area contributed by atoms with E-state index in [-0.39, 0.29) is 23.7 Å². The van der Waals surface area contributed by atoms with E-state index in [1.54, 1.807) is 0 Å². The Morgan fingerprint density at radius 3 is 2.80 bits per heavy atom. The summed E-state index contributed by atoms with van der Waals surface area (Å²) in [6.45, 7) is -5.98. The lowest BCUT2D eigenvalue weighted by Gasteiger charge is -2.08. The highest BCUT2D eigenvalue weighted by Gasteiger charge is 2.12. The molecule has 1 amide bonds. The Balaban J connectivity index is 2.02. The Hall–Kier alpha value is -2.36. The molecule has 1 N–H and O–H groups in total. The van der Waals surface area contributed by atoms with Crippen LogP contribution in [0.2, 0.25) is 0 Å². The molecular formula is C15H12BrF4N3O2. The number of nitrogens with zero attached hydrogens (tertiary/aromatic N) is 2. The molecule has 5 nitrogen and oxygen atoms in total. The highest BCUT2D eigenvalue weighted by molar-refractivity contribution is 9.10. The SMILES string of the molecule is O=C(/C=C/c1cc(Br)ccc1OC(F)F)NCc1nccn1C(F)F. The normalized spacial score (nSPS) is 11.5. The zero-order valence-electron chi connectivity index (χ0n) is 12.5. The van der Waals surface area contributed by atoms with E-state index in [4.69, 9.17) is 0 Å². The molecule has 1 aromatic carbocycles. The summed E-state index contributed by atoms with van der Waals surface area (Å²) in [5, 5.41) is 2.38. The van der Waals surface area contributed by atoms with Crippen LogP contribution >= 0.6 is 15.9 Å². The summed E-state index contributed by atoms with van der Waals surface area (Å²) in [5.41, 5.74) is 0.249. The molecule has 1 aromatic heterocycles. The lowest BCUT2D eigenvalue weighted by Crippen LogP contribution is -2.22. The fourth-order valence-corrected chi connectivity index (χ4v) is 2.28. The van der Waals surface area contributed by atoms with E-state index < -0.39 is 19.1 Å². The van der Waals surface area contributed by atoms with Crippen LogP contribution in [-0.2, 0) is 11.3 Å². The first kappa shape index (κ1) is 19.0. The average molecular weight is 422 g/mol. The summed E-state index contributed by atoms with van der Waals surface area (Å²) in [7, 11) is 0. The molecule has 0 fully saturated rings. The fourth-order valence-electron chi connectivity index (χ4n) is 1.90. The van der Waals surface area contributed by atoms with Gasteiger partial charge in [-0.1, -0.05) is 15.9 Å². The highest BCUT2D eigenvalue weighted by Crippen LogP contribution is 2.26. The van der Waals surface area contributed by atoms with E-state index in [1.807, 2.05) is 0 Å². The minimum atomic E-state index is -3.00. The van der Waals surface area contributed by atoms with Crippen molar-refractivity contribution in [3.63, 3.8) is 0 Å². The van der Waals surface area contributed by atoms with Crippen molar-refractivity contribution in [2.75, 3.05) is 0 Å². The van der Waals surface area contributed by atoms with Gasteiger partial charge < -0.3 is 10.1 Å². The van der Waals surface area contributed by atoms with Gasteiger partial charge in [-0.3, -0.25) is 9.36 Å². The van der Waals surface area contributed by atoms with Crippen LogP contribution in [-0.4, -0.2) is 22.1 Å². The number of rotatable bonds is 7. The van der Waals surface area contributed by atoms with Gasteiger partial charge in [0.1, 0.15) is 11.6 Å². The molecule has 134 valence electrons. The lowest BCUT2D eigenvalue weighted by atomic mass is 10.2. The number of amides is 1. The van der Waals surface area contributed by atoms with Gasteiger partial charge in [0.05, 0.1) is 6.54 Å². The molecule has 0 unspecified atom stereocenters. The van der Waals surface area contributed by atoms with Gasteiger partial charge in [-0.05, 0) is 24.3 Å². The molecule has 1 heterocycles.